The number of aromatic amines is 1. The molecule has 10 heteroatoms. The second-order valence-corrected chi connectivity index (χ2v) is 8.89. The Morgan fingerprint density at radius 3 is 2.53 bits per heavy atom. The van der Waals surface area contributed by atoms with Crippen LogP contribution in [0.2, 0.25) is 0 Å². The molecule has 2 aromatic rings. The number of amides is 2. The van der Waals surface area contributed by atoms with Crippen molar-refractivity contribution in [3.05, 3.63) is 47.3 Å². The maximum Gasteiger partial charge on any atom is 0.416 e. The van der Waals surface area contributed by atoms with E-state index in [0.717, 1.165) is 24.7 Å². The van der Waals surface area contributed by atoms with Gasteiger partial charge in [-0.3, -0.25) is 5.10 Å². The smallest absolute Gasteiger partial charge is 0.323 e. The van der Waals surface area contributed by atoms with Gasteiger partial charge in [0, 0.05) is 31.6 Å². The van der Waals surface area contributed by atoms with Crippen molar-refractivity contribution >= 4 is 6.03 Å². The first-order chi connectivity index (χ1) is 14.2. The van der Waals surface area contributed by atoms with Crippen LogP contribution in [0.4, 0.5) is 22.4 Å². The molecule has 3 aliphatic rings. The zero-order valence-electron chi connectivity index (χ0n) is 16.1. The van der Waals surface area contributed by atoms with E-state index in [2.05, 4.69) is 15.2 Å². The van der Waals surface area contributed by atoms with Crippen molar-refractivity contribution in [3.63, 3.8) is 0 Å². The highest BCUT2D eigenvalue weighted by atomic mass is 19.4. The summed E-state index contributed by atoms with van der Waals surface area (Å²) < 4.78 is 52.1. The maximum absolute atomic E-state index is 14.1. The molecule has 2 saturated heterocycles. The highest BCUT2D eigenvalue weighted by Gasteiger charge is 2.54. The van der Waals surface area contributed by atoms with Gasteiger partial charge in [0.15, 0.2) is 0 Å². The molecule has 1 aromatic heterocycles. The largest absolute Gasteiger partial charge is 0.416 e. The molecule has 3 heterocycles. The van der Waals surface area contributed by atoms with Gasteiger partial charge in [-0.15, -0.1) is 0 Å². The van der Waals surface area contributed by atoms with Gasteiger partial charge in [-0.05, 0) is 42.9 Å². The number of urea groups is 1. The first-order valence-corrected chi connectivity index (χ1v) is 9.97. The molecule has 30 heavy (non-hydrogen) atoms. The minimum absolute atomic E-state index is 0.0358. The second kappa shape index (κ2) is 6.68. The van der Waals surface area contributed by atoms with Crippen LogP contribution in [-0.2, 0) is 12.6 Å². The average Bonchev–Trinajstić information content (AvgIpc) is 3.08. The number of aromatic nitrogens is 3. The van der Waals surface area contributed by atoms with Crippen LogP contribution < -0.4 is 0 Å². The summed E-state index contributed by atoms with van der Waals surface area (Å²) in [5, 5.41) is 6.66. The van der Waals surface area contributed by atoms with Crippen LogP contribution in [0, 0.1) is 17.2 Å². The molecule has 1 spiro atoms. The third kappa shape index (κ3) is 3.31. The van der Waals surface area contributed by atoms with Crippen LogP contribution in [0.15, 0.2) is 24.5 Å². The Bertz CT molecular complexity index is 941. The van der Waals surface area contributed by atoms with Crippen molar-refractivity contribution in [1.82, 2.24) is 25.0 Å². The van der Waals surface area contributed by atoms with Crippen molar-refractivity contribution < 1.29 is 22.4 Å². The summed E-state index contributed by atoms with van der Waals surface area (Å²) >= 11 is 0. The van der Waals surface area contributed by atoms with Crippen LogP contribution in [0.5, 0.6) is 0 Å². The van der Waals surface area contributed by atoms with Crippen molar-refractivity contribution in [2.45, 2.75) is 31.4 Å². The van der Waals surface area contributed by atoms with Crippen molar-refractivity contribution in [3.8, 4) is 0 Å². The quantitative estimate of drug-likeness (QED) is 0.770. The lowest BCUT2D eigenvalue weighted by atomic mass is 9.56. The molecule has 2 amide bonds. The number of likely N-dealkylation sites (tertiary alicyclic amines) is 2. The van der Waals surface area contributed by atoms with E-state index in [-0.39, 0.29) is 23.3 Å². The van der Waals surface area contributed by atoms with Gasteiger partial charge in [-0.25, -0.2) is 14.2 Å². The van der Waals surface area contributed by atoms with Gasteiger partial charge in [-0.2, -0.15) is 18.3 Å². The molecule has 1 aliphatic carbocycles. The van der Waals surface area contributed by atoms with Gasteiger partial charge >= 0.3 is 12.2 Å². The number of carbonyl (C=O) groups is 1. The fourth-order valence-corrected chi connectivity index (χ4v) is 5.09. The van der Waals surface area contributed by atoms with Crippen LogP contribution >= 0.6 is 0 Å². The normalized spacial score (nSPS) is 21.3. The molecule has 1 saturated carbocycles. The number of benzene rings is 1. The standard InChI is InChI=1S/C20H21F4N5O/c21-16-4-15(20(22,23)24)2-1-13(16)3-12-5-19(6-12)9-29(10-19)18(30)28-7-14(8-28)17-25-11-26-27-17/h1-2,4,11-12,14H,3,5-10H2,(H,25,26,27). The molecule has 5 rings (SSSR count). The number of halogens is 4. The molecule has 0 radical (unpaired) electrons. The zero-order chi connectivity index (χ0) is 21.1. The van der Waals surface area contributed by atoms with Crippen LogP contribution in [-0.4, -0.2) is 57.2 Å². The van der Waals surface area contributed by atoms with Crippen molar-refractivity contribution in [2.24, 2.45) is 11.3 Å². The molecular formula is C20H21F4N5O. The fraction of sp³-hybridized carbons (Fsp3) is 0.550. The van der Waals surface area contributed by atoms with E-state index in [4.69, 9.17) is 0 Å². The topological polar surface area (TPSA) is 65.1 Å². The first kappa shape index (κ1) is 19.3. The maximum atomic E-state index is 14.1. The molecule has 1 aromatic carbocycles. The van der Waals surface area contributed by atoms with Crippen molar-refractivity contribution in [1.29, 1.82) is 0 Å². The predicted molar refractivity (Wildman–Crippen MR) is 97.9 cm³/mol. The third-order valence-electron chi connectivity index (χ3n) is 6.63. The van der Waals surface area contributed by atoms with Crippen LogP contribution in [0.1, 0.15) is 35.7 Å². The molecule has 0 bridgehead atoms. The van der Waals surface area contributed by atoms with Gasteiger partial charge in [-0.1, -0.05) is 6.07 Å². The Hall–Kier alpha value is -2.65. The Morgan fingerprint density at radius 1 is 1.20 bits per heavy atom. The number of rotatable bonds is 3. The lowest BCUT2D eigenvalue weighted by molar-refractivity contribution is -0.137. The fourth-order valence-electron chi connectivity index (χ4n) is 5.09. The summed E-state index contributed by atoms with van der Waals surface area (Å²) in [7, 11) is 0. The molecule has 6 nitrogen and oxygen atoms in total. The number of nitrogens with one attached hydrogen (secondary N) is 1. The Morgan fingerprint density at radius 2 is 1.93 bits per heavy atom. The van der Waals surface area contributed by atoms with Gasteiger partial charge < -0.3 is 9.80 Å². The van der Waals surface area contributed by atoms with E-state index in [0.29, 0.717) is 44.2 Å². The molecular weight excluding hydrogens is 402 g/mol. The number of hydrogen-bond acceptors (Lipinski definition) is 3. The molecule has 0 unspecified atom stereocenters. The number of carbonyl (C=O) groups excluding carboxylic acids is 1. The minimum atomic E-state index is -4.53. The lowest BCUT2D eigenvalue weighted by Gasteiger charge is -2.60. The summed E-state index contributed by atoms with van der Waals surface area (Å²) in [6, 6.07) is 2.80. The third-order valence-corrected chi connectivity index (χ3v) is 6.63. The Labute approximate surface area is 170 Å². The summed E-state index contributed by atoms with van der Waals surface area (Å²) in [4.78, 5) is 20.3. The zero-order valence-corrected chi connectivity index (χ0v) is 16.1. The second-order valence-electron chi connectivity index (χ2n) is 8.89. The van der Waals surface area contributed by atoms with E-state index in [1.165, 1.54) is 12.4 Å². The number of H-pyrrole nitrogens is 1. The summed E-state index contributed by atoms with van der Waals surface area (Å²) in [5.74, 6) is 0.457. The van der Waals surface area contributed by atoms with E-state index in [9.17, 15) is 22.4 Å². The molecule has 3 fully saturated rings. The molecule has 1 N–H and O–H groups in total. The number of hydrogen-bond donors (Lipinski definition) is 1. The number of nitrogens with zero attached hydrogens (tertiary/aromatic N) is 4. The van der Waals surface area contributed by atoms with Crippen LogP contribution in [0.25, 0.3) is 0 Å². The van der Waals surface area contributed by atoms with Gasteiger partial charge in [0.25, 0.3) is 0 Å². The van der Waals surface area contributed by atoms with Crippen LogP contribution in [0.3, 0.4) is 0 Å². The Balaban J connectivity index is 1.08. The lowest BCUT2D eigenvalue weighted by Crippen LogP contribution is -2.67. The Kier molecular flexibility index (Phi) is 4.30. The van der Waals surface area contributed by atoms with E-state index < -0.39 is 17.6 Å². The first-order valence-electron chi connectivity index (χ1n) is 9.97. The van der Waals surface area contributed by atoms with Gasteiger partial charge in [0.2, 0.25) is 0 Å². The summed E-state index contributed by atoms with van der Waals surface area (Å²) in [5.41, 5.74) is -0.537. The van der Waals surface area contributed by atoms with Gasteiger partial charge in [0.05, 0.1) is 11.5 Å². The van der Waals surface area contributed by atoms with E-state index in [1.54, 1.807) is 4.90 Å². The highest BCUT2D eigenvalue weighted by molar-refractivity contribution is 5.76. The molecule has 2 aliphatic heterocycles. The average molecular weight is 423 g/mol. The minimum Gasteiger partial charge on any atom is -0.323 e. The predicted octanol–water partition coefficient (Wildman–Crippen LogP) is 3.44. The monoisotopic (exact) mass is 423 g/mol. The summed E-state index contributed by atoms with van der Waals surface area (Å²) in [6.07, 6.45) is -0.893. The SMILES string of the molecule is O=C(N1CC(c2ncn[nH]2)C1)N1CC2(CC(Cc3ccc(C(F)(F)F)cc3F)C2)C1. The van der Waals surface area contributed by atoms with E-state index in [1.807, 2.05) is 4.90 Å². The van der Waals surface area contributed by atoms with Gasteiger partial charge in [0.1, 0.15) is 18.0 Å². The molecule has 0 atom stereocenters. The summed E-state index contributed by atoms with van der Waals surface area (Å²) in [6.45, 7) is 2.66. The molecule has 160 valence electrons. The number of alkyl halides is 3. The highest BCUT2D eigenvalue weighted by Crippen LogP contribution is 2.53. The van der Waals surface area contributed by atoms with Crippen molar-refractivity contribution in [2.75, 3.05) is 26.2 Å². The van der Waals surface area contributed by atoms with E-state index >= 15 is 0 Å².